The number of anilines is 1. The Morgan fingerprint density at radius 1 is 1.00 bits per heavy atom. The van der Waals surface area contributed by atoms with Gasteiger partial charge in [0.15, 0.2) is 0 Å². The number of hydrogen-bond donors (Lipinski definition) is 1. The van der Waals surface area contributed by atoms with Gasteiger partial charge in [0.25, 0.3) is 0 Å². The van der Waals surface area contributed by atoms with Gasteiger partial charge < -0.3 is 0 Å². The number of hydrazone groups is 1. The molecule has 0 amide bonds. The van der Waals surface area contributed by atoms with Crippen molar-refractivity contribution in [3.05, 3.63) is 64.7 Å². The van der Waals surface area contributed by atoms with Crippen LogP contribution in [0.4, 0.5) is 5.95 Å². The highest BCUT2D eigenvalue weighted by molar-refractivity contribution is 5.83. The van der Waals surface area contributed by atoms with Gasteiger partial charge in [-0.25, -0.2) is 20.1 Å². The second-order valence-corrected chi connectivity index (χ2v) is 5.68. The molecular formula is C18H20N6. The zero-order valence-electron chi connectivity index (χ0n) is 14.3. The highest BCUT2D eigenvalue weighted by Gasteiger charge is 2.10. The first kappa shape index (κ1) is 15.9. The summed E-state index contributed by atoms with van der Waals surface area (Å²) in [7, 11) is 0. The normalized spacial score (nSPS) is 11.2. The highest BCUT2D eigenvalue weighted by atomic mass is 15.3. The minimum Gasteiger partial charge on any atom is -0.245 e. The Hall–Kier alpha value is -3.02. The molecule has 0 aliphatic heterocycles. The van der Waals surface area contributed by atoms with Gasteiger partial charge in [0.2, 0.25) is 5.95 Å². The Kier molecular flexibility index (Phi) is 4.37. The second-order valence-electron chi connectivity index (χ2n) is 5.68. The third-order valence-corrected chi connectivity index (χ3v) is 3.69. The van der Waals surface area contributed by atoms with Crippen LogP contribution in [-0.4, -0.2) is 26.0 Å². The van der Waals surface area contributed by atoms with Crippen LogP contribution in [0.5, 0.6) is 0 Å². The van der Waals surface area contributed by atoms with Crippen molar-refractivity contribution in [1.82, 2.24) is 19.7 Å². The molecule has 3 rings (SSSR count). The fourth-order valence-corrected chi connectivity index (χ4v) is 2.59. The molecule has 2 aromatic heterocycles. The van der Waals surface area contributed by atoms with E-state index in [1.165, 1.54) is 0 Å². The summed E-state index contributed by atoms with van der Waals surface area (Å²) in [5, 5.41) is 8.87. The van der Waals surface area contributed by atoms with E-state index in [-0.39, 0.29) is 0 Å². The lowest BCUT2D eigenvalue weighted by Gasteiger charge is -2.03. The predicted octanol–water partition coefficient (Wildman–Crippen LogP) is 3.34. The molecule has 0 aliphatic rings. The van der Waals surface area contributed by atoms with Crippen molar-refractivity contribution in [3.8, 4) is 5.69 Å². The lowest BCUT2D eigenvalue weighted by molar-refractivity contribution is 0.833. The highest BCUT2D eigenvalue weighted by Crippen LogP contribution is 2.16. The molecule has 122 valence electrons. The fraction of sp³-hybridized carbons (Fsp3) is 0.222. The van der Waals surface area contributed by atoms with E-state index in [4.69, 9.17) is 0 Å². The van der Waals surface area contributed by atoms with E-state index in [1.807, 2.05) is 68.8 Å². The fourth-order valence-electron chi connectivity index (χ4n) is 2.59. The minimum absolute atomic E-state index is 0.495. The van der Waals surface area contributed by atoms with E-state index in [9.17, 15) is 0 Å². The maximum Gasteiger partial charge on any atom is 0.243 e. The van der Waals surface area contributed by atoms with Crippen LogP contribution >= 0.6 is 0 Å². The Balaban J connectivity index is 1.84. The topological polar surface area (TPSA) is 68.0 Å². The molecule has 0 fully saturated rings. The first-order valence-electron chi connectivity index (χ1n) is 7.77. The molecule has 6 heteroatoms. The van der Waals surface area contributed by atoms with Gasteiger partial charge in [0.1, 0.15) is 0 Å². The molecule has 3 aromatic rings. The molecule has 1 aromatic carbocycles. The first-order chi connectivity index (χ1) is 11.5. The summed E-state index contributed by atoms with van der Waals surface area (Å²) in [5.41, 5.74) is 8.67. The molecule has 2 heterocycles. The number of benzene rings is 1. The van der Waals surface area contributed by atoms with Crippen molar-refractivity contribution in [2.45, 2.75) is 27.7 Å². The third kappa shape index (κ3) is 3.32. The molecule has 0 bridgehead atoms. The number of hydrogen-bond acceptors (Lipinski definition) is 5. The van der Waals surface area contributed by atoms with E-state index in [0.29, 0.717) is 5.95 Å². The van der Waals surface area contributed by atoms with Crippen molar-refractivity contribution < 1.29 is 0 Å². The summed E-state index contributed by atoms with van der Waals surface area (Å²) in [6, 6.07) is 12.0. The van der Waals surface area contributed by atoms with Gasteiger partial charge in [0.05, 0.1) is 23.3 Å². The molecular weight excluding hydrogens is 300 g/mol. The van der Waals surface area contributed by atoms with E-state index >= 15 is 0 Å². The van der Waals surface area contributed by atoms with Gasteiger partial charge in [-0.2, -0.15) is 10.2 Å². The van der Waals surface area contributed by atoms with Crippen molar-refractivity contribution in [2.24, 2.45) is 5.10 Å². The van der Waals surface area contributed by atoms with Gasteiger partial charge in [0, 0.05) is 17.0 Å². The molecule has 0 spiro atoms. The number of rotatable bonds is 4. The molecule has 0 atom stereocenters. The quantitative estimate of drug-likeness (QED) is 0.591. The summed E-state index contributed by atoms with van der Waals surface area (Å²) in [4.78, 5) is 8.61. The SMILES string of the molecule is Cc1cc(C)nc(NN=Cc2c(C)nn(-c3ccccc3)c2C)n1. The van der Waals surface area contributed by atoms with E-state index in [2.05, 4.69) is 25.6 Å². The number of para-hydroxylation sites is 1. The lowest BCUT2D eigenvalue weighted by Crippen LogP contribution is -2.01. The van der Waals surface area contributed by atoms with Gasteiger partial charge >= 0.3 is 0 Å². The molecule has 0 unspecified atom stereocenters. The maximum absolute atomic E-state index is 4.60. The lowest BCUT2D eigenvalue weighted by atomic mass is 10.2. The molecule has 0 aliphatic carbocycles. The van der Waals surface area contributed by atoms with Crippen LogP contribution in [0.1, 0.15) is 28.3 Å². The van der Waals surface area contributed by atoms with Crippen molar-refractivity contribution in [3.63, 3.8) is 0 Å². The van der Waals surface area contributed by atoms with Gasteiger partial charge in [-0.1, -0.05) is 18.2 Å². The summed E-state index contributed by atoms with van der Waals surface area (Å²) in [5.74, 6) is 0.495. The monoisotopic (exact) mass is 320 g/mol. The van der Waals surface area contributed by atoms with Crippen molar-refractivity contribution in [2.75, 3.05) is 5.43 Å². The zero-order chi connectivity index (χ0) is 17.1. The average molecular weight is 320 g/mol. The Labute approximate surface area is 141 Å². The summed E-state index contributed by atoms with van der Waals surface area (Å²) < 4.78 is 1.92. The van der Waals surface area contributed by atoms with Crippen LogP contribution in [0, 0.1) is 27.7 Å². The largest absolute Gasteiger partial charge is 0.245 e. The maximum atomic E-state index is 4.60. The molecule has 0 saturated heterocycles. The molecule has 1 N–H and O–H groups in total. The second kappa shape index (κ2) is 6.62. The summed E-state index contributed by atoms with van der Waals surface area (Å²) in [6.45, 7) is 7.87. The number of aromatic nitrogens is 4. The molecule has 0 saturated carbocycles. The van der Waals surface area contributed by atoms with Crippen molar-refractivity contribution in [1.29, 1.82) is 0 Å². The van der Waals surface area contributed by atoms with Crippen LogP contribution in [0.15, 0.2) is 41.5 Å². The van der Waals surface area contributed by atoms with Crippen molar-refractivity contribution >= 4 is 12.2 Å². The Morgan fingerprint density at radius 3 is 2.33 bits per heavy atom. The summed E-state index contributed by atoms with van der Waals surface area (Å²) >= 11 is 0. The van der Waals surface area contributed by atoms with Crippen LogP contribution < -0.4 is 5.43 Å². The smallest absolute Gasteiger partial charge is 0.243 e. The predicted molar refractivity (Wildman–Crippen MR) is 95.8 cm³/mol. The van der Waals surface area contributed by atoms with Crippen LogP contribution in [0.25, 0.3) is 5.69 Å². The Morgan fingerprint density at radius 2 is 1.67 bits per heavy atom. The zero-order valence-corrected chi connectivity index (χ0v) is 14.3. The van der Waals surface area contributed by atoms with E-state index < -0.39 is 0 Å². The van der Waals surface area contributed by atoms with Crippen LogP contribution in [0.2, 0.25) is 0 Å². The van der Waals surface area contributed by atoms with Gasteiger partial charge in [-0.3, -0.25) is 0 Å². The minimum atomic E-state index is 0.495. The molecule has 6 nitrogen and oxygen atoms in total. The average Bonchev–Trinajstić information content (AvgIpc) is 2.83. The first-order valence-corrected chi connectivity index (χ1v) is 7.77. The number of nitrogens with one attached hydrogen (secondary N) is 1. The number of nitrogens with zero attached hydrogens (tertiary/aromatic N) is 5. The molecule has 24 heavy (non-hydrogen) atoms. The number of aryl methyl sites for hydroxylation is 3. The van der Waals surface area contributed by atoms with E-state index in [1.54, 1.807) is 6.21 Å². The molecule has 0 radical (unpaired) electrons. The standard InChI is InChI=1S/C18H20N6/c1-12-10-13(2)21-18(20-12)22-19-11-17-14(3)23-24(15(17)4)16-8-6-5-7-9-16/h5-11H,1-4H3,(H,20,21,22). The van der Waals surface area contributed by atoms with E-state index in [0.717, 1.165) is 34.0 Å². The third-order valence-electron chi connectivity index (χ3n) is 3.69. The van der Waals surface area contributed by atoms with Crippen LogP contribution in [0.3, 0.4) is 0 Å². The Bertz CT molecular complexity index is 860. The van der Waals surface area contributed by atoms with Gasteiger partial charge in [-0.05, 0) is 45.9 Å². The van der Waals surface area contributed by atoms with Crippen LogP contribution in [-0.2, 0) is 0 Å². The summed E-state index contributed by atoms with van der Waals surface area (Å²) in [6.07, 6.45) is 1.76. The van der Waals surface area contributed by atoms with Gasteiger partial charge in [-0.15, -0.1) is 0 Å².